The lowest BCUT2D eigenvalue weighted by Crippen LogP contribution is -2.03. The molecular formula is C33H34N2. The van der Waals surface area contributed by atoms with Gasteiger partial charge in [0.2, 0.25) is 0 Å². The fourth-order valence-corrected chi connectivity index (χ4v) is 4.49. The summed E-state index contributed by atoms with van der Waals surface area (Å²) in [7, 11) is 0. The molecule has 176 valence electrons. The van der Waals surface area contributed by atoms with Gasteiger partial charge < -0.3 is 5.41 Å². The summed E-state index contributed by atoms with van der Waals surface area (Å²) in [5.74, 6) is 0.802. The predicted octanol–water partition coefficient (Wildman–Crippen LogP) is 9.43. The van der Waals surface area contributed by atoms with Crippen LogP contribution in [0, 0.1) is 5.41 Å². The second-order valence-corrected chi connectivity index (χ2v) is 9.58. The van der Waals surface area contributed by atoms with Crippen molar-refractivity contribution in [3.63, 3.8) is 0 Å². The molecule has 0 aliphatic carbocycles. The van der Waals surface area contributed by atoms with Crippen LogP contribution in [0.5, 0.6) is 0 Å². The summed E-state index contributed by atoms with van der Waals surface area (Å²) in [6, 6.07) is 33.7. The molecule has 35 heavy (non-hydrogen) atoms. The molecule has 0 unspecified atom stereocenters. The van der Waals surface area contributed by atoms with Gasteiger partial charge in [0.15, 0.2) is 0 Å². The standard InChI is InChI=1S/C33H34N2/c1-23(2)28-18-11-19-29(24(3)4)33(28)35-21-20-32(34)31-17-9-8-16-30(31)27-15-10-14-26(22-27)25-12-6-5-7-13-25/h5-19,21-24,34H,20H2,1-4H3. The first kappa shape index (κ1) is 24.3. The first-order valence-corrected chi connectivity index (χ1v) is 12.4. The third-order valence-corrected chi connectivity index (χ3v) is 6.39. The molecule has 4 rings (SSSR count). The molecule has 0 aliphatic heterocycles. The van der Waals surface area contributed by atoms with Crippen LogP contribution in [0.4, 0.5) is 5.69 Å². The summed E-state index contributed by atoms with van der Waals surface area (Å²) in [5, 5.41) is 8.89. The largest absolute Gasteiger partial charge is 0.304 e. The summed E-state index contributed by atoms with van der Waals surface area (Å²) in [6.07, 6.45) is 2.39. The fraction of sp³-hybridized carbons (Fsp3) is 0.212. The third kappa shape index (κ3) is 5.66. The van der Waals surface area contributed by atoms with Crippen molar-refractivity contribution in [3.05, 3.63) is 114 Å². The van der Waals surface area contributed by atoms with Crippen LogP contribution in [0.25, 0.3) is 22.3 Å². The minimum absolute atomic E-state index is 0.401. The number of aliphatic imine (C=N–C) groups is 1. The summed E-state index contributed by atoms with van der Waals surface area (Å²) in [6.45, 7) is 8.83. The monoisotopic (exact) mass is 458 g/mol. The minimum Gasteiger partial charge on any atom is -0.304 e. The lowest BCUT2D eigenvalue weighted by atomic mass is 9.92. The maximum Gasteiger partial charge on any atom is 0.0694 e. The van der Waals surface area contributed by atoms with Gasteiger partial charge in [-0.25, -0.2) is 0 Å². The molecule has 0 aliphatic rings. The van der Waals surface area contributed by atoms with Crippen molar-refractivity contribution >= 4 is 17.6 Å². The first-order chi connectivity index (χ1) is 17.0. The van der Waals surface area contributed by atoms with E-state index >= 15 is 0 Å². The molecule has 2 heteroatoms. The molecule has 2 nitrogen and oxygen atoms in total. The van der Waals surface area contributed by atoms with Gasteiger partial charge in [0.05, 0.1) is 5.69 Å². The van der Waals surface area contributed by atoms with Gasteiger partial charge in [-0.3, -0.25) is 4.99 Å². The Bertz CT molecular complexity index is 1300. The van der Waals surface area contributed by atoms with Gasteiger partial charge in [-0.15, -0.1) is 0 Å². The average molecular weight is 459 g/mol. The normalized spacial score (nSPS) is 11.5. The highest BCUT2D eigenvalue weighted by atomic mass is 14.7. The highest BCUT2D eigenvalue weighted by molar-refractivity contribution is 6.09. The summed E-state index contributed by atoms with van der Waals surface area (Å²) >= 11 is 0. The Morgan fingerprint density at radius 2 is 1.26 bits per heavy atom. The van der Waals surface area contributed by atoms with Crippen LogP contribution in [0.15, 0.2) is 102 Å². The van der Waals surface area contributed by atoms with E-state index in [2.05, 4.69) is 100 Å². The van der Waals surface area contributed by atoms with Crippen LogP contribution >= 0.6 is 0 Å². The topological polar surface area (TPSA) is 36.2 Å². The molecule has 0 heterocycles. The van der Waals surface area contributed by atoms with Gasteiger partial charge in [0.1, 0.15) is 0 Å². The lowest BCUT2D eigenvalue weighted by molar-refractivity contribution is 0.835. The average Bonchev–Trinajstić information content (AvgIpc) is 2.89. The third-order valence-electron chi connectivity index (χ3n) is 6.39. The lowest BCUT2D eigenvalue weighted by Gasteiger charge is -2.16. The number of para-hydroxylation sites is 1. The van der Waals surface area contributed by atoms with Crippen molar-refractivity contribution in [2.24, 2.45) is 4.99 Å². The maximum atomic E-state index is 8.89. The Hall–Kier alpha value is -3.78. The molecule has 0 aromatic heterocycles. The summed E-state index contributed by atoms with van der Waals surface area (Å²) in [5.41, 5.74) is 9.68. The van der Waals surface area contributed by atoms with Crippen LogP contribution < -0.4 is 0 Å². The minimum atomic E-state index is 0.401. The zero-order valence-corrected chi connectivity index (χ0v) is 21.1. The van der Waals surface area contributed by atoms with E-state index in [1.165, 1.54) is 22.3 Å². The second-order valence-electron chi connectivity index (χ2n) is 9.58. The van der Waals surface area contributed by atoms with E-state index in [1.807, 2.05) is 30.5 Å². The zero-order chi connectivity index (χ0) is 24.8. The molecule has 4 aromatic rings. The van der Waals surface area contributed by atoms with Gasteiger partial charge >= 0.3 is 0 Å². The molecule has 0 saturated carbocycles. The van der Waals surface area contributed by atoms with E-state index in [-0.39, 0.29) is 0 Å². The smallest absolute Gasteiger partial charge is 0.0694 e. The highest BCUT2D eigenvalue weighted by Gasteiger charge is 2.13. The van der Waals surface area contributed by atoms with Gasteiger partial charge in [0, 0.05) is 23.9 Å². The Morgan fingerprint density at radius 1 is 0.686 bits per heavy atom. The number of nitrogens with zero attached hydrogens (tertiary/aromatic N) is 1. The number of hydrogen-bond acceptors (Lipinski definition) is 2. The molecule has 1 N–H and O–H groups in total. The Balaban J connectivity index is 1.62. The molecule has 0 amide bonds. The Labute approximate surface area is 209 Å². The molecular weight excluding hydrogens is 424 g/mol. The maximum absolute atomic E-state index is 8.89. The molecule has 4 aromatic carbocycles. The molecule has 0 fully saturated rings. The van der Waals surface area contributed by atoms with Crippen molar-refractivity contribution in [2.75, 3.05) is 0 Å². The van der Waals surface area contributed by atoms with E-state index in [1.54, 1.807) is 0 Å². The van der Waals surface area contributed by atoms with E-state index in [0.29, 0.717) is 24.0 Å². The zero-order valence-electron chi connectivity index (χ0n) is 21.1. The number of rotatable bonds is 8. The van der Waals surface area contributed by atoms with E-state index in [9.17, 15) is 0 Å². The van der Waals surface area contributed by atoms with Gasteiger partial charge in [-0.05, 0) is 51.3 Å². The number of nitrogens with one attached hydrogen (secondary N) is 1. The predicted molar refractivity (Wildman–Crippen MR) is 152 cm³/mol. The number of benzene rings is 4. The summed E-state index contributed by atoms with van der Waals surface area (Å²) in [4.78, 5) is 4.90. The highest BCUT2D eigenvalue weighted by Crippen LogP contribution is 2.35. The van der Waals surface area contributed by atoms with E-state index < -0.39 is 0 Å². The van der Waals surface area contributed by atoms with Crippen LogP contribution in [0.2, 0.25) is 0 Å². The van der Waals surface area contributed by atoms with Crippen LogP contribution in [0.3, 0.4) is 0 Å². The molecule has 0 radical (unpaired) electrons. The van der Waals surface area contributed by atoms with Crippen molar-refractivity contribution in [3.8, 4) is 22.3 Å². The van der Waals surface area contributed by atoms with E-state index in [4.69, 9.17) is 10.4 Å². The summed E-state index contributed by atoms with van der Waals surface area (Å²) < 4.78 is 0. The van der Waals surface area contributed by atoms with E-state index in [0.717, 1.165) is 22.4 Å². The van der Waals surface area contributed by atoms with Crippen molar-refractivity contribution in [1.29, 1.82) is 5.41 Å². The van der Waals surface area contributed by atoms with Crippen molar-refractivity contribution < 1.29 is 0 Å². The quantitative estimate of drug-likeness (QED) is 0.255. The van der Waals surface area contributed by atoms with Crippen LogP contribution in [0.1, 0.15) is 62.6 Å². The second kappa shape index (κ2) is 11.1. The molecule has 0 spiro atoms. The van der Waals surface area contributed by atoms with Crippen LogP contribution in [-0.4, -0.2) is 11.9 Å². The SMILES string of the molecule is CC(C)c1cccc(C(C)C)c1N=CCC(=N)c1ccccc1-c1cccc(-c2ccccc2)c1. The number of hydrogen-bond donors (Lipinski definition) is 1. The van der Waals surface area contributed by atoms with Crippen molar-refractivity contribution in [2.45, 2.75) is 46.0 Å². The first-order valence-electron chi connectivity index (χ1n) is 12.4. The fourth-order valence-electron chi connectivity index (χ4n) is 4.49. The Kier molecular flexibility index (Phi) is 7.72. The van der Waals surface area contributed by atoms with Gasteiger partial charge in [-0.2, -0.15) is 0 Å². The Morgan fingerprint density at radius 3 is 1.94 bits per heavy atom. The van der Waals surface area contributed by atoms with Crippen molar-refractivity contribution in [1.82, 2.24) is 0 Å². The van der Waals surface area contributed by atoms with Gasteiger partial charge in [-0.1, -0.05) is 119 Å². The van der Waals surface area contributed by atoms with Gasteiger partial charge in [0.25, 0.3) is 0 Å². The molecule has 0 bridgehead atoms. The van der Waals surface area contributed by atoms with Crippen LogP contribution in [-0.2, 0) is 0 Å². The molecule has 0 saturated heterocycles. The molecule has 0 atom stereocenters.